The van der Waals surface area contributed by atoms with E-state index in [1.54, 1.807) is 18.2 Å². The van der Waals surface area contributed by atoms with Crippen LogP contribution in [0.1, 0.15) is 17.2 Å². The lowest BCUT2D eigenvalue weighted by atomic mass is 10.0. The fourth-order valence-electron chi connectivity index (χ4n) is 1.78. The lowest BCUT2D eigenvalue weighted by molar-refractivity contribution is 0.214. The van der Waals surface area contributed by atoms with Gasteiger partial charge in [-0.15, -0.1) is 0 Å². The van der Waals surface area contributed by atoms with Crippen molar-refractivity contribution in [2.75, 3.05) is 7.11 Å². The number of hydrogen-bond acceptors (Lipinski definition) is 2. The number of ether oxygens (including phenoxy) is 1. The van der Waals surface area contributed by atoms with Crippen LogP contribution in [0.3, 0.4) is 0 Å². The quantitative estimate of drug-likeness (QED) is 0.897. The Bertz CT molecular complexity index is 604. The topological polar surface area (TPSA) is 29.5 Å². The van der Waals surface area contributed by atoms with Crippen LogP contribution in [-0.2, 0) is 0 Å². The Kier molecular flexibility index (Phi) is 4.45. The Balaban J connectivity index is 2.45. The van der Waals surface area contributed by atoms with Crippen LogP contribution in [0.25, 0.3) is 0 Å². The molecule has 1 unspecified atom stereocenters. The van der Waals surface area contributed by atoms with Gasteiger partial charge in [0.1, 0.15) is 17.7 Å². The summed E-state index contributed by atoms with van der Waals surface area (Å²) in [5.74, 6) is 0.00264. The average molecular weight is 346 g/mol. The first-order valence-corrected chi connectivity index (χ1v) is 6.66. The van der Waals surface area contributed by atoms with Gasteiger partial charge in [-0.05, 0) is 51.8 Å². The van der Waals surface area contributed by atoms with Gasteiger partial charge in [0.15, 0.2) is 0 Å². The predicted octanol–water partition coefficient (Wildman–Crippen LogP) is 4.33. The zero-order chi connectivity index (χ0) is 14.0. The first kappa shape index (κ1) is 14.3. The van der Waals surface area contributed by atoms with Gasteiger partial charge < -0.3 is 9.84 Å². The molecule has 2 aromatic carbocycles. The van der Waals surface area contributed by atoms with Gasteiger partial charge >= 0.3 is 0 Å². The second-order valence-electron chi connectivity index (χ2n) is 3.96. The van der Waals surface area contributed by atoms with Crippen molar-refractivity contribution < 1.29 is 14.2 Å². The summed E-state index contributed by atoms with van der Waals surface area (Å²) in [6, 6.07) is 9.06. The number of halogens is 3. The van der Waals surface area contributed by atoms with Crippen molar-refractivity contribution in [1.82, 2.24) is 0 Å². The van der Waals surface area contributed by atoms with E-state index in [-0.39, 0.29) is 0 Å². The number of rotatable bonds is 3. The molecule has 19 heavy (non-hydrogen) atoms. The number of benzene rings is 2. The smallest absolute Gasteiger partial charge is 0.125 e. The predicted molar refractivity (Wildman–Crippen MR) is 76.2 cm³/mol. The summed E-state index contributed by atoms with van der Waals surface area (Å²) in [5, 5.41) is 10.9. The van der Waals surface area contributed by atoms with Gasteiger partial charge in [-0.1, -0.05) is 17.7 Å². The van der Waals surface area contributed by atoms with Crippen molar-refractivity contribution >= 4 is 27.5 Å². The molecule has 0 radical (unpaired) electrons. The molecule has 0 aromatic heterocycles. The molecule has 1 atom stereocenters. The minimum absolute atomic E-state index is 0.372. The van der Waals surface area contributed by atoms with Gasteiger partial charge in [0.05, 0.1) is 12.1 Å². The van der Waals surface area contributed by atoms with E-state index in [2.05, 4.69) is 15.9 Å². The average Bonchev–Trinajstić information content (AvgIpc) is 2.41. The number of aliphatic hydroxyl groups excluding tert-OH is 1. The summed E-state index contributed by atoms with van der Waals surface area (Å²) >= 11 is 9.19. The van der Waals surface area contributed by atoms with Crippen molar-refractivity contribution in [3.8, 4) is 5.75 Å². The summed E-state index contributed by atoms with van der Waals surface area (Å²) in [6.45, 7) is 0. The first-order chi connectivity index (χ1) is 9.02. The van der Waals surface area contributed by atoms with Gasteiger partial charge in [-0.3, -0.25) is 0 Å². The van der Waals surface area contributed by atoms with Crippen LogP contribution in [0.15, 0.2) is 40.9 Å². The zero-order valence-corrected chi connectivity index (χ0v) is 12.4. The maximum absolute atomic E-state index is 13.3. The zero-order valence-electron chi connectivity index (χ0n) is 10.0. The molecule has 5 heteroatoms. The van der Waals surface area contributed by atoms with E-state index in [1.165, 1.54) is 25.3 Å². The second-order valence-corrected chi connectivity index (χ2v) is 5.22. The summed E-state index contributed by atoms with van der Waals surface area (Å²) in [6.07, 6.45) is -0.987. The summed E-state index contributed by atoms with van der Waals surface area (Å²) < 4.78 is 19.1. The number of aliphatic hydroxyl groups is 1. The lowest BCUT2D eigenvalue weighted by Crippen LogP contribution is -2.03. The van der Waals surface area contributed by atoms with E-state index in [4.69, 9.17) is 16.3 Å². The Morgan fingerprint density at radius 1 is 1.26 bits per heavy atom. The standard InChI is InChI=1S/C14H11BrClFO2/c1-19-13-5-3-9(17)7-10(13)14(18)8-2-4-12(16)11(15)6-8/h2-7,14,18H,1H3. The number of methoxy groups -OCH3 is 1. The van der Waals surface area contributed by atoms with Crippen molar-refractivity contribution in [1.29, 1.82) is 0 Å². The van der Waals surface area contributed by atoms with Crippen LogP contribution in [0.4, 0.5) is 4.39 Å². The van der Waals surface area contributed by atoms with Crippen LogP contribution >= 0.6 is 27.5 Å². The second kappa shape index (κ2) is 5.90. The van der Waals surface area contributed by atoms with E-state index in [0.717, 1.165) is 0 Å². The molecule has 0 heterocycles. The third-order valence-corrected chi connectivity index (χ3v) is 3.96. The van der Waals surface area contributed by atoms with E-state index in [9.17, 15) is 9.50 Å². The largest absolute Gasteiger partial charge is 0.496 e. The van der Waals surface area contributed by atoms with E-state index < -0.39 is 11.9 Å². The monoisotopic (exact) mass is 344 g/mol. The molecule has 2 nitrogen and oxygen atoms in total. The molecule has 0 spiro atoms. The molecular weight excluding hydrogens is 335 g/mol. The summed E-state index contributed by atoms with van der Waals surface area (Å²) in [7, 11) is 1.47. The van der Waals surface area contributed by atoms with Crippen LogP contribution in [-0.4, -0.2) is 12.2 Å². The van der Waals surface area contributed by atoms with Gasteiger partial charge in [0, 0.05) is 10.0 Å². The van der Waals surface area contributed by atoms with Gasteiger partial charge in [-0.25, -0.2) is 4.39 Å². The van der Waals surface area contributed by atoms with E-state index in [1.807, 2.05) is 0 Å². The maximum Gasteiger partial charge on any atom is 0.125 e. The van der Waals surface area contributed by atoms with Crippen molar-refractivity contribution in [3.63, 3.8) is 0 Å². The molecule has 0 aliphatic heterocycles. The van der Waals surface area contributed by atoms with E-state index in [0.29, 0.717) is 26.4 Å². The van der Waals surface area contributed by atoms with E-state index >= 15 is 0 Å². The molecule has 100 valence electrons. The molecule has 0 aliphatic rings. The van der Waals surface area contributed by atoms with Crippen molar-refractivity contribution in [3.05, 3.63) is 62.8 Å². The molecule has 0 amide bonds. The Labute approximate surface area is 123 Å². The highest BCUT2D eigenvalue weighted by Gasteiger charge is 2.17. The minimum atomic E-state index is -0.987. The highest BCUT2D eigenvalue weighted by Crippen LogP contribution is 2.33. The molecule has 1 N–H and O–H groups in total. The van der Waals surface area contributed by atoms with Crippen LogP contribution in [0, 0.1) is 5.82 Å². The van der Waals surface area contributed by atoms with Crippen molar-refractivity contribution in [2.45, 2.75) is 6.10 Å². The van der Waals surface area contributed by atoms with Gasteiger partial charge in [-0.2, -0.15) is 0 Å². The highest BCUT2D eigenvalue weighted by molar-refractivity contribution is 9.10. The molecule has 0 saturated carbocycles. The molecule has 0 saturated heterocycles. The number of hydrogen-bond donors (Lipinski definition) is 1. The highest BCUT2D eigenvalue weighted by atomic mass is 79.9. The normalized spacial score (nSPS) is 12.3. The first-order valence-electron chi connectivity index (χ1n) is 5.49. The van der Waals surface area contributed by atoms with Gasteiger partial charge in [0.2, 0.25) is 0 Å². The fourth-order valence-corrected chi connectivity index (χ4v) is 2.29. The third kappa shape index (κ3) is 3.08. The minimum Gasteiger partial charge on any atom is -0.496 e. The SMILES string of the molecule is COc1ccc(F)cc1C(O)c1ccc(Cl)c(Br)c1. The summed E-state index contributed by atoms with van der Waals surface area (Å²) in [5.41, 5.74) is 0.969. The van der Waals surface area contributed by atoms with Crippen LogP contribution in [0.5, 0.6) is 5.75 Å². The Morgan fingerprint density at radius 2 is 2.00 bits per heavy atom. The van der Waals surface area contributed by atoms with Crippen LogP contribution < -0.4 is 4.74 Å². The molecule has 0 fully saturated rings. The molecule has 2 rings (SSSR count). The van der Waals surface area contributed by atoms with Gasteiger partial charge in [0.25, 0.3) is 0 Å². The molecular formula is C14H11BrClFO2. The molecule has 0 bridgehead atoms. The lowest BCUT2D eigenvalue weighted by Gasteiger charge is -2.15. The maximum atomic E-state index is 13.3. The molecule has 2 aromatic rings. The van der Waals surface area contributed by atoms with Crippen LogP contribution in [0.2, 0.25) is 5.02 Å². The Morgan fingerprint density at radius 3 is 2.63 bits per heavy atom. The third-order valence-electron chi connectivity index (χ3n) is 2.75. The fraction of sp³-hybridized carbons (Fsp3) is 0.143. The molecule has 0 aliphatic carbocycles. The van der Waals surface area contributed by atoms with Crippen molar-refractivity contribution in [2.24, 2.45) is 0 Å². The summed E-state index contributed by atoms with van der Waals surface area (Å²) in [4.78, 5) is 0. The Hall–Kier alpha value is -1.10.